The van der Waals surface area contributed by atoms with Gasteiger partial charge in [0.05, 0.1) is 12.5 Å². The molecule has 1 aliphatic heterocycles. The summed E-state index contributed by atoms with van der Waals surface area (Å²) in [6.07, 6.45) is 4.70. The fraction of sp³-hybridized carbons (Fsp3) is 0.579. The van der Waals surface area contributed by atoms with E-state index in [1.54, 1.807) is 0 Å². The van der Waals surface area contributed by atoms with E-state index in [2.05, 4.69) is 39.8 Å². The molecule has 1 heterocycles. The Morgan fingerprint density at radius 2 is 2.04 bits per heavy atom. The molecule has 0 bridgehead atoms. The van der Waals surface area contributed by atoms with E-state index < -0.39 is 0 Å². The van der Waals surface area contributed by atoms with Crippen molar-refractivity contribution in [1.29, 1.82) is 0 Å². The topological polar surface area (TPSA) is 61.4 Å². The number of hydrogen-bond donors (Lipinski definition) is 2. The van der Waals surface area contributed by atoms with Crippen LogP contribution in [-0.4, -0.2) is 48.9 Å². The number of rotatable bonds is 8. The van der Waals surface area contributed by atoms with Crippen molar-refractivity contribution < 1.29 is 9.59 Å². The molecule has 1 saturated heterocycles. The van der Waals surface area contributed by atoms with Gasteiger partial charge < -0.3 is 10.6 Å². The van der Waals surface area contributed by atoms with Crippen LogP contribution in [0, 0.1) is 5.92 Å². The number of aryl methyl sites for hydroxylation is 1. The fourth-order valence-electron chi connectivity index (χ4n) is 3.21. The number of nitrogens with zero attached hydrogens (tertiary/aromatic N) is 1. The second-order valence-corrected chi connectivity index (χ2v) is 6.88. The van der Waals surface area contributed by atoms with E-state index in [-0.39, 0.29) is 24.3 Å². The molecule has 1 saturated carbocycles. The summed E-state index contributed by atoms with van der Waals surface area (Å²) >= 11 is 0. The molecular weight excluding hydrogens is 302 g/mol. The number of hydrogen-bond acceptors (Lipinski definition) is 3. The molecular formula is C19H27N3O2. The third-order valence-corrected chi connectivity index (χ3v) is 4.86. The highest BCUT2D eigenvalue weighted by molar-refractivity contribution is 5.88. The van der Waals surface area contributed by atoms with Gasteiger partial charge >= 0.3 is 0 Å². The molecule has 3 rings (SSSR count). The van der Waals surface area contributed by atoms with Crippen LogP contribution in [0.4, 0.5) is 0 Å². The minimum atomic E-state index is -0.325. The molecule has 5 heteroatoms. The Kier molecular flexibility index (Phi) is 5.86. The van der Waals surface area contributed by atoms with Crippen molar-refractivity contribution in [1.82, 2.24) is 15.5 Å². The molecule has 2 fully saturated rings. The predicted molar refractivity (Wildman–Crippen MR) is 93.5 cm³/mol. The van der Waals surface area contributed by atoms with Crippen LogP contribution >= 0.6 is 0 Å². The number of amides is 2. The molecule has 130 valence electrons. The van der Waals surface area contributed by atoms with Crippen molar-refractivity contribution in [2.75, 3.05) is 26.2 Å². The van der Waals surface area contributed by atoms with Gasteiger partial charge in [0, 0.05) is 19.6 Å². The number of carbonyl (C=O) groups is 2. The first kappa shape index (κ1) is 17.0. The van der Waals surface area contributed by atoms with Crippen molar-refractivity contribution in [3.63, 3.8) is 0 Å². The Balaban J connectivity index is 1.47. The molecule has 0 spiro atoms. The molecule has 1 aliphatic carbocycles. The summed E-state index contributed by atoms with van der Waals surface area (Å²) in [7, 11) is 0. The van der Waals surface area contributed by atoms with Gasteiger partial charge in [-0.15, -0.1) is 0 Å². The minimum absolute atomic E-state index is 0.00277. The van der Waals surface area contributed by atoms with E-state index in [9.17, 15) is 9.59 Å². The molecule has 0 unspecified atom stereocenters. The molecule has 24 heavy (non-hydrogen) atoms. The predicted octanol–water partition coefficient (Wildman–Crippen LogP) is 1.34. The molecule has 1 atom stereocenters. The molecule has 0 radical (unpaired) electrons. The lowest BCUT2D eigenvalue weighted by atomic mass is 10.1. The lowest BCUT2D eigenvalue weighted by Crippen LogP contribution is -2.56. The van der Waals surface area contributed by atoms with Crippen LogP contribution in [0.15, 0.2) is 30.3 Å². The van der Waals surface area contributed by atoms with Crippen LogP contribution in [0.25, 0.3) is 0 Å². The maximum Gasteiger partial charge on any atom is 0.237 e. The Morgan fingerprint density at radius 3 is 2.79 bits per heavy atom. The highest BCUT2D eigenvalue weighted by Gasteiger charge is 2.31. The summed E-state index contributed by atoms with van der Waals surface area (Å²) < 4.78 is 0. The summed E-state index contributed by atoms with van der Waals surface area (Å²) in [6.45, 7) is 3.11. The second kappa shape index (κ2) is 8.29. The third-order valence-electron chi connectivity index (χ3n) is 4.86. The first-order chi connectivity index (χ1) is 11.7. The van der Waals surface area contributed by atoms with E-state index in [4.69, 9.17) is 0 Å². The van der Waals surface area contributed by atoms with Gasteiger partial charge in [-0.05, 0) is 43.7 Å². The molecule has 2 N–H and O–H groups in total. The van der Waals surface area contributed by atoms with Crippen molar-refractivity contribution >= 4 is 11.8 Å². The van der Waals surface area contributed by atoms with Gasteiger partial charge in [0.25, 0.3) is 0 Å². The Hall–Kier alpha value is -1.88. The summed E-state index contributed by atoms with van der Waals surface area (Å²) in [5.41, 5.74) is 1.32. The van der Waals surface area contributed by atoms with Crippen molar-refractivity contribution in [2.45, 2.75) is 38.1 Å². The van der Waals surface area contributed by atoms with Crippen molar-refractivity contribution in [3.8, 4) is 0 Å². The molecule has 2 aliphatic rings. The van der Waals surface area contributed by atoms with Gasteiger partial charge in [-0.1, -0.05) is 30.3 Å². The van der Waals surface area contributed by atoms with Crippen LogP contribution < -0.4 is 10.6 Å². The molecule has 5 nitrogen and oxygen atoms in total. The fourth-order valence-corrected chi connectivity index (χ4v) is 3.21. The summed E-state index contributed by atoms with van der Waals surface area (Å²) in [5.74, 6) is 0.649. The van der Waals surface area contributed by atoms with Gasteiger partial charge in [0.1, 0.15) is 0 Å². The van der Waals surface area contributed by atoms with Crippen molar-refractivity contribution in [3.05, 3.63) is 35.9 Å². The number of piperazine rings is 1. The van der Waals surface area contributed by atoms with Gasteiger partial charge in [0.2, 0.25) is 11.8 Å². The van der Waals surface area contributed by atoms with Gasteiger partial charge in [-0.3, -0.25) is 14.5 Å². The summed E-state index contributed by atoms with van der Waals surface area (Å²) in [5, 5.41) is 5.86. The zero-order chi connectivity index (χ0) is 16.8. The number of nitrogens with one attached hydrogen (secondary N) is 2. The largest absolute Gasteiger partial charge is 0.356 e. The quantitative estimate of drug-likeness (QED) is 0.756. The summed E-state index contributed by atoms with van der Waals surface area (Å²) in [6, 6.07) is 10.1. The highest BCUT2D eigenvalue weighted by Crippen LogP contribution is 2.27. The Labute approximate surface area is 143 Å². The SMILES string of the molecule is O=C(C[C@@H]1C(=O)NCCN1CCCc1ccccc1)NCC1CC1. The van der Waals surface area contributed by atoms with E-state index in [1.807, 2.05) is 6.07 Å². The van der Waals surface area contributed by atoms with E-state index in [0.29, 0.717) is 12.5 Å². The Morgan fingerprint density at radius 1 is 1.25 bits per heavy atom. The van der Waals surface area contributed by atoms with E-state index in [0.717, 1.165) is 32.5 Å². The average molecular weight is 329 g/mol. The molecule has 1 aromatic rings. The third kappa shape index (κ3) is 5.06. The lowest BCUT2D eigenvalue weighted by molar-refractivity contribution is -0.134. The van der Waals surface area contributed by atoms with Crippen LogP contribution in [0.5, 0.6) is 0 Å². The van der Waals surface area contributed by atoms with E-state index >= 15 is 0 Å². The average Bonchev–Trinajstić information content (AvgIpc) is 3.41. The first-order valence-electron chi connectivity index (χ1n) is 9.05. The molecule has 1 aromatic carbocycles. The molecule has 0 aromatic heterocycles. The highest BCUT2D eigenvalue weighted by atomic mass is 16.2. The van der Waals surface area contributed by atoms with Gasteiger partial charge in [0.15, 0.2) is 0 Å². The van der Waals surface area contributed by atoms with Crippen molar-refractivity contribution in [2.24, 2.45) is 5.92 Å². The van der Waals surface area contributed by atoms with E-state index in [1.165, 1.54) is 18.4 Å². The van der Waals surface area contributed by atoms with Crippen LogP contribution in [0.3, 0.4) is 0 Å². The van der Waals surface area contributed by atoms with Gasteiger partial charge in [-0.25, -0.2) is 0 Å². The smallest absolute Gasteiger partial charge is 0.237 e. The zero-order valence-electron chi connectivity index (χ0n) is 14.2. The van der Waals surface area contributed by atoms with Crippen LogP contribution in [0.1, 0.15) is 31.2 Å². The molecule has 2 amide bonds. The summed E-state index contributed by atoms with van der Waals surface area (Å²) in [4.78, 5) is 26.5. The van der Waals surface area contributed by atoms with Gasteiger partial charge in [-0.2, -0.15) is 0 Å². The standard InChI is InChI=1S/C19H27N3O2/c23-18(21-14-16-8-9-16)13-17-19(24)20-10-12-22(17)11-4-7-15-5-2-1-3-6-15/h1-3,5-6,16-17H,4,7-14H2,(H,20,24)(H,21,23)/t17-/m1/s1. The monoisotopic (exact) mass is 329 g/mol. The van der Waals surface area contributed by atoms with Crippen LogP contribution in [-0.2, 0) is 16.0 Å². The maximum absolute atomic E-state index is 12.2. The number of benzene rings is 1. The Bertz CT molecular complexity index is 557. The first-order valence-corrected chi connectivity index (χ1v) is 9.05. The van der Waals surface area contributed by atoms with Crippen LogP contribution in [0.2, 0.25) is 0 Å². The lowest BCUT2D eigenvalue weighted by Gasteiger charge is -2.34. The minimum Gasteiger partial charge on any atom is -0.356 e. The normalized spacial score (nSPS) is 21.3. The zero-order valence-corrected chi connectivity index (χ0v) is 14.2. The number of carbonyl (C=O) groups excluding carboxylic acids is 2. The maximum atomic E-state index is 12.2. The second-order valence-electron chi connectivity index (χ2n) is 6.88.